The Morgan fingerprint density at radius 1 is 1.08 bits per heavy atom. The van der Waals surface area contributed by atoms with Crippen molar-refractivity contribution in [1.82, 2.24) is 19.7 Å². The van der Waals surface area contributed by atoms with Crippen molar-refractivity contribution in [3.63, 3.8) is 0 Å². The molecule has 1 aromatic rings. The molecule has 4 rings (SSSR count). The lowest BCUT2D eigenvalue weighted by molar-refractivity contribution is -0.134. The number of hydrogen-bond acceptors (Lipinski definition) is 4. The number of pyridine rings is 1. The van der Waals surface area contributed by atoms with E-state index in [-0.39, 0.29) is 23.3 Å². The maximum absolute atomic E-state index is 12.7. The van der Waals surface area contributed by atoms with Gasteiger partial charge >= 0.3 is 0 Å². The lowest BCUT2D eigenvalue weighted by Crippen LogP contribution is -2.59. The van der Waals surface area contributed by atoms with Crippen LogP contribution in [0.1, 0.15) is 29.6 Å². The summed E-state index contributed by atoms with van der Waals surface area (Å²) in [6, 6.07) is 3.50. The predicted molar refractivity (Wildman–Crippen MR) is 89.4 cm³/mol. The van der Waals surface area contributed by atoms with E-state index in [1.807, 2.05) is 16.8 Å². The molecule has 6 nitrogen and oxygen atoms in total. The first-order valence-electron chi connectivity index (χ1n) is 8.76. The van der Waals surface area contributed by atoms with Gasteiger partial charge in [0.05, 0.1) is 6.04 Å². The molecule has 3 saturated heterocycles. The number of carbonyl (C=O) groups excluding carboxylic acids is 2. The summed E-state index contributed by atoms with van der Waals surface area (Å²) in [5.41, 5.74) is 0.785. The second kappa shape index (κ2) is 5.84. The maximum Gasteiger partial charge on any atom is 0.254 e. The van der Waals surface area contributed by atoms with Gasteiger partial charge in [-0.15, -0.1) is 0 Å². The minimum atomic E-state index is -0.0127. The molecule has 128 valence electrons. The molecule has 1 spiro atoms. The molecule has 1 atom stereocenters. The Morgan fingerprint density at radius 3 is 2.42 bits per heavy atom. The maximum atomic E-state index is 12.7. The van der Waals surface area contributed by atoms with Crippen LogP contribution >= 0.6 is 0 Å². The van der Waals surface area contributed by atoms with Crippen molar-refractivity contribution in [3.8, 4) is 0 Å². The Morgan fingerprint density at radius 2 is 1.75 bits per heavy atom. The highest BCUT2D eigenvalue weighted by Gasteiger charge is 2.54. The number of amides is 2. The summed E-state index contributed by atoms with van der Waals surface area (Å²) < 4.78 is 0. The van der Waals surface area contributed by atoms with Gasteiger partial charge in [0.15, 0.2) is 0 Å². The Bertz CT molecular complexity index is 636. The summed E-state index contributed by atoms with van der Waals surface area (Å²) in [6.07, 6.45) is 6.43. The van der Waals surface area contributed by atoms with E-state index >= 15 is 0 Å². The quantitative estimate of drug-likeness (QED) is 0.808. The van der Waals surface area contributed by atoms with Gasteiger partial charge in [0.1, 0.15) is 0 Å². The Labute approximate surface area is 142 Å². The van der Waals surface area contributed by atoms with Crippen LogP contribution in [0.3, 0.4) is 0 Å². The van der Waals surface area contributed by atoms with Crippen molar-refractivity contribution in [3.05, 3.63) is 30.1 Å². The molecule has 0 bridgehead atoms. The monoisotopic (exact) mass is 328 g/mol. The average molecular weight is 328 g/mol. The second-order valence-electron chi connectivity index (χ2n) is 7.56. The molecule has 0 N–H and O–H groups in total. The van der Waals surface area contributed by atoms with E-state index in [4.69, 9.17) is 0 Å². The standard InChI is InChI=1S/C18H24N4O2/c1-20-11-18(10-15(20)17(24)21-8-2-3-9-21)12-22(13-18)16(23)14-4-6-19-7-5-14/h4-7,15H,2-3,8-13H2,1H3. The number of aromatic nitrogens is 1. The topological polar surface area (TPSA) is 56.8 Å². The predicted octanol–water partition coefficient (Wildman–Crippen LogP) is 0.850. The largest absolute Gasteiger partial charge is 0.341 e. The Balaban J connectivity index is 1.38. The highest BCUT2D eigenvalue weighted by atomic mass is 16.2. The molecule has 24 heavy (non-hydrogen) atoms. The summed E-state index contributed by atoms with van der Waals surface area (Å²) in [6.45, 7) is 4.22. The minimum absolute atomic E-state index is 0.0127. The average Bonchev–Trinajstić information content (AvgIpc) is 3.21. The number of likely N-dealkylation sites (N-methyl/N-ethyl adjacent to an activating group) is 1. The second-order valence-corrected chi connectivity index (χ2v) is 7.56. The van der Waals surface area contributed by atoms with Crippen LogP contribution in [0.5, 0.6) is 0 Å². The third-order valence-corrected chi connectivity index (χ3v) is 5.71. The first-order chi connectivity index (χ1) is 11.6. The smallest absolute Gasteiger partial charge is 0.254 e. The third-order valence-electron chi connectivity index (χ3n) is 5.71. The van der Waals surface area contributed by atoms with E-state index in [0.717, 1.165) is 52.0 Å². The van der Waals surface area contributed by atoms with Crippen molar-refractivity contribution in [2.75, 3.05) is 39.8 Å². The highest BCUT2D eigenvalue weighted by molar-refractivity contribution is 5.94. The summed E-state index contributed by atoms with van der Waals surface area (Å²) in [5.74, 6) is 0.353. The van der Waals surface area contributed by atoms with Crippen LogP contribution in [0.2, 0.25) is 0 Å². The lowest BCUT2D eigenvalue weighted by Gasteiger charge is -2.48. The molecule has 3 fully saturated rings. The number of likely N-dealkylation sites (tertiary alicyclic amines) is 3. The highest BCUT2D eigenvalue weighted by Crippen LogP contribution is 2.43. The zero-order valence-electron chi connectivity index (χ0n) is 14.1. The SMILES string of the molecule is CN1CC2(CC1C(=O)N1CCCC1)CN(C(=O)c1ccncc1)C2. The van der Waals surface area contributed by atoms with Crippen molar-refractivity contribution < 1.29 is 9.59 Å². The van der Waals surface area contributed by atoms with Crippen LogP contribution in [0.25, 0.3) is 0 Å². The number of hydrogen-bond donors (Lipinski definition) is 0. The van der Waals surface area contributed by atoms with Crippen LogP contribution < -0.4 is 0 Å². The molecule has 4 heterocycles. The molecule has 6 heteroatoms. The molecule has 1 aromatic heterocycles. The van der Waals surface area contributed by atoms with E-state index in [9.17, 15) is 9.59 Å². The molecule has 1 unspecified atom stereocenters. The van der Waals surface area contributed by atoms with Crippen LogP contribution in [-0.2, 0) is 4.79 Å². The molecular formula is C18H24N4O2. The molecule has 2 amide bonds. The number of rotatable bonds is 2. The first-order valence-corrected chi connectivity index (χ1v) is 8.76. The summed E-state index contributed by atoms with van der Waals surface area (Å²) in [4.78, 5) is 35.3. The first kappa shape index (κ1) is 15.6. The van der Waals surface area contributed by atoms with Gasteiger partial charge in [0.2, 0.25) is 5.91 Å². The van der Waals surface area contributed by atoms with E-state index in [1.165, 1.54) is 0 Å². The van der Waals surface area contributed by atoms with Crippen molar-refractivity contribution in [2.45, 2.75) is 25.3 Å². The van der Waals surface area contributed by atoms with Gasteiger partial charge in [-0.1, -0.05) is 0 Å². The van der Waals surface area contributed by atoms with Gasteiger partial charge < -0.3 is 9.80 Å². The van der Waals surface area contributed by atoms with Gasteiger partial charge in [-0.2, -0.15) is 0 Å². The van der Waals surface area contributed by atoms with E-state index in [0.29, 0.717) is 5.56 Å². The van der Waals surface area contributed by atoms with E-state index in [2.05, 4.69) is 9.88 Å². The summed E-state index contributed by atoms with van der Waals surface area (Å²) in [5, 5.41) is 0. The normalized spacial score (nSPS) is 26.0. The lowest BCUT2D eigenvalue weighted by atomic mass is 9.77. The van der Waals surface area contributed by atoms with Crippen molar-refractivity contribution in [2.24, 2.45) is 5.41 Å². The summed E-state index contributed by atoms with van der Waals surface area (Å²) >= 11 is 0. The third kappa shape index (κ3) is 2.59. The molecule has 0 aliphatic carbocycles. The van der Waals surface area contributed by atoms with E-state index < -0.39 is 0 Å². The van der Waals surface area contributed by atoms with Crippen LogP contribution in [0.4, 0.5) is 0 Å². The van der Waals surface area contributed by atoms with Crippen LogP contribution in [0, 0.1) is 5.41 Å². The number of nitrogens with zero attached hydrogens (tertiary/aromatic N) is 4. The van der Waals surface area contributed by atoms with Gasteiger partial charge in [0, 0.05) is 56.1 Å². The molecule has 0 aromatic carbocycles. The van der Waals surface area contributed by atoms with Gasteiger partial charge in [-0.05, 0) is 38.4 Å². The zero-order valence-corrected chi connectivity index (χ0v) is 14.1. The molecule has 3 aliphatic heterocycles. The molecule has 0 saturated carbocycles. The van der Waals surface area contributed by atoms with Gasteiger partial charge in [0.25, 0.3) is 5.91 Å². The Hall–Kier alpha value is -1.95. The molecule has 3 aliphatic rings. The van der Waals surface area contributed by atoms with E-state index in [1.54, 1.807) is 24.5 Å². The molecular weight excluding hydrogens is 304 g/mol. The fraction of sp³-hybridized carbons (Fsp3) is 0.611. The fourth-order valence-electron chi connectivity index (χ4n) is 4.51. The fourth-order valence-corrected chi connectivity index (χ4v) is 4.51. The van der Waals surface area contributed by atoms with Gasteiger partial charge in [-0.3, -0.25) is 19.5 Å². The van der Waals surface area contributed by atoms with Crippen LogP contribution in [0.15, 0.2) is 24.5 Å². The van der Waals surface area contributed by atoms with Crippen LogP contribution in [-0.4, -0.2) is 77.3 Å². The van der Waals surface area contributed by atoms with Crippen molar-refractivity contribution in [1.29, 1.82) is 0 Å². The Kier molecular flexibility index (Phi) is 3.79. The summed E-state index contributed by atoms with van der Waals surface area (Å²) in [7, 11) is 2.04. The molecule has 0 radical (unpaired) electrons. The van der Waals surface area contributed by atoms with Gasteiger partial charge in [-0.25, -0.2) is 0 Å². The minimum Gasteiger partial charge on any atom is -0.341 e. The zero-order chi connectivity index (χ0) is 16.7. The number of carbonyl (C=O) groups is 2. The van der Waals surface area contributed by atoms with Crippen molar-refractivity contribution >= 4 is 11.8 Å².